The van der Waals surface area contributed by atoms with E-state index in [2.05, 4.69) is 26.2 Å². The third kappa shape index (κ3) is 3.67. The van der Waals surface area contributed by atoms with Gasteiger partial charge in [-0.2, -0.15) is 0 Å². The number of likely N-dealkylation sites (N-methyl/N-ethyl adjacent to an activating group) is 1. The molecule has 0 amide bonds. The van der Waals surface area contributed by atoms with Crippen molar-refractivity contribution in [1.82, 2.24) is 5.32 Å². The molecule has 1 fully saturated rings. The van der Waals surface area contributed by atoms with Gasteiger partial charge in [-0.25, -0.2) is 0 Å². The standard InChI is InChI=1S/C14H29NO2/c1-5-14(6-2,16-4)13(15-3)11-12-7-9-17-10-8-12/h12-13,15H,5-11H2,1-4H3. The van der Waals surface area contributed by atoms with Gasteiger partial charge in [-0.05, 0) is 45.1 Å². The van der Waals surface area contributed by atoms with Gasteiger partial charge < -0.3 is 14.8 Å². The van der Waals surface area contributed by atoms with E-state index in [-0.39, 0.29) is 5.60 Å². The quantitative estimate of drug-likeness (QED) is 0.745. The highest BCUT2D eigenvalue weighted by molar-refractivity contribution is 4.92. The van der Waals surface area contributed by atoms with Crippen LogP contribution in [0.3, 0.4) is 0 Å². The van der Waals surface area contributed by atoms with Crippen LogP contribution in [0.25, 0.3) is 0 Å². The lowest BCUT2D eigenvalue weighted by molar-refractivity contribution is -0.0556. The van der Waals surface area contributed by atoms with E-state index in [0.717, 1.165) is 32.0 Å². The van der Waals surface area contributed by atoms with E-state index in [9.17, 15) is 0 Å². The molecule has 0 aromatic rings. The summed E-state index contributed by atoms with van der Waals surface area (Å²) in [7, 11) is 3.91. The molecule has 0 bridgehead atoms. The molecule has 1 aliphatic rings. The fourth-order valence-electron chi connectivity index (χ4n) is 3.08. The first-order valence-corrected chi connectivity index (χ1v) is 7.02. The molecule has 0 spiro atoms. The molecule has 1 unspecified atom stereocenters. The lowest BCUT2D eigenvalue weighted by Gasteiger charge is -2.40. The van der Waals surface area contributed by atoms with Crippen molar-refractivity contribution in [3.8, 4) is 0 Å². The number of nitrogens with one attached hydrogen (secondary N) is 1. The SMILES string of the molecule is CCC(CC)(OC)C(CC1CCOCC1)NC. The number of ether oxygens (including phenoxy) is 2. The maximum absolute atomic E-state index is 5.84. The smallest absolute Gasteiger partial charge is 0.0825 e. The summed E-state index contributed by atoms with van der Waals surface area (Å²) >= 11 is 0. The molecular formula is C14H29NO2. The molecule has 0 saturated carbocycles. The van der Waals surface area contributed by atoms with Crippen molar-refractivity contribution in [1.29, 1.82) is 0 Å². The average Bonchev–Trinajstić information content (AvgIpc) is 2.41. The van der Waals surface area contributed by atoms with E-state index in [4.69, 9.17) is 9.47 Å². The van der Waals surface area contributed by atoms with Crippen LogP contribution in [0.1, 0.15) is 46.0 Å². The highest BCUT2D eigenvalue weighted by Gasteiger charge is 2.36. The van der Waals surface area contributed by atoms with Gasteiger partial charge in [-0.3, -0.25) is 0 Å². The van der Waals surface area contributed by atoms with Gasteiger partial charge in [0, 0.05) is 26.4 Å². The number of methoxy groups -OCH3 is 1. The molecule has 1 heterocycles. The molecule has 1 atom stereocenters. The van der Waals surface area contributed by atoms with Gasteiger partial charge >= 0.3 is 0 Å². The van der Waals surface area contributed by atoms with Gasteiger partial charge in [0.25, 0.3) is 0 Å². The van der Waals surface area contributed by atoms with Crippen molar-refractivity contribution in [3.05, 3.63) is 0 Å². The molecule has 0 aromatic heterocycles. The highest BCUT2D eigenvalue weighted by atomic mass is 16.5. The molecule has 1 aliphatic heterocycles. The summed E-state index contributed by atoms with van der Waals surface area (Å²) in [6, 6.07) is 0.450. The zero-order valence-corrected chi connectivity index (χ0v) is 11.9. The summed E-state index contributed by atoms with van der Waals surface area (Å²) in [5, 5.41) is 3.48. The first-order valence-electron chi connectivity index (χ1n) is 7.02. The Labute approximate surface area is 106 Å². The molecule has 17 heavy (non-hydrogen) atoms. The first kappa shape index (κ1) is 14.9. The van der Waals surface area contributed by atoms with Crippen LogP contribution in [0.4, 0.5) is 0 Å². The molecule has 1 rings (SSSR count). The van der Waals surface area contributed by atoms with Crippen LogP contribution in [0.2, 0.25) is 0 Å². The van der Waals surface area contributed by atoms with Crippen LogP contribution in [-0.2, 0) is 9.47 Å². The monoisotopic (exact) mass is 243 g/mol. The van der Waals surface area contributed by atoms with E-state index in [1.165, 1.54) is 19.3 Å². The summed E-state index contributed by atoms with van der Waals surface area (Å²) in [6.45, 7) is 6.31. The average molecular weight is 243 g/mol. The van der Waals surface area contributed by atoms with E-state index >= 15 is 0 Å². The van der Waals surface area contributed by atoms with Crippen molar-refractivity contribution in [3.63, 3.8) is 0 Å². The summed E-state index contributed by atoms with van der Waals surface area (Å²) < 4.78 is 11.3. The number of hydrogen-bond donors (Lipinski definition) is 1. The Morgan fingerprint density at radius 1 is 1.29 bits per heavy atom. The zero-order chi connectivity index (χ0) is 12.7. The van der Waals surface area contributed by atoms with Crippen molar-refractivity contribution in [2.24, 2.45) is 5.92 Å². The van der Waals surface area contributed by atoms with Crippen LogP contribution in [0.15, 0.2) is 0 Å². The Hall–Kier alpha value is -0.120. The second-order valence-corrected chi connectivity index (χ2v) is 5.11. The van der Waals surface area contributed by atoms with Crippen LogP contribution in [0.5, 0.6) is 0 Å². The Balaban J connectivity index is 2.61. The lowest BCUT2D eigenvalue weighted by Crippen LogP contribution is -2.51. The highest BCUT2D eigenvalue weighted by Crippen LogP contribution is 2.30. The molecule has 3 heteroatoms. The summed E-state index contributed by atoms with van der Waals surface area (Å²) in [6.07, 6.45) is 5.73. The molecule has 1 saturated heterocycles. The normalized spacial score (nSPS) is 20.5. The van der Waals surface area contributed by atoms with Gasteiger partial charge in [0.15, 0.2) is 0 Å². The summed E-state index contributed by atoms with van der Waals surface area (Å²) in [5.74, 6) is 0.786. The number of rotatable bonds is 7. The largest absolute Gasteiger partial charge is 0.381 e. The van der Waals surface area contributed by atoms with Gasteiger partial charge in [-0.1, -0.05) is 13.8 Å². The lowest BCUT2D eigenvalue weighted by atomic mass is 9.81. The second kappa shape index (κ2) is 7.34. The molecule has 0 aromatic carbocycles. The van der Waals surface area contributed by atoms with Crippen molar-refractivity contribution < 1.29 is 9.47 Å². The third-order valence-corrected chi connectivity index (χ3v) is 4.50. The molecule has 1 N–H and O–H groups in total. The van der Waals surface area contributed by atoms with Crippen molar-refractivity contribution in [2.75, 3.05) is 27.4 Å². The van der Waals surface area contributed by atoms with E-state index < -0.39 is 0 Å². The minimum absolute atomic E-state index is 0.00689. The minimum Gasteiger partial charge on any atom is -0.381 e. The predicted octanol–water partition coefficient (Wildman–Crippen LogP) is 2.60. The van der Waals surface area contributed by atoms with Crippen molar-refractivity contribution in [2.45, 2.75) is 57.6 Å². The predicted molar refractivity (Wildman–Crippen MR) is 71.3 cm³/mol. The topological polar surface area (TPSA) is 30.5 Å². The first-order chi connectivity index (χ1) is 8.22. The third-order valence-electron chi connectivity index (χ3n) is 4.50. The van der Waals surface area contributed by atoms with Gasteiger partial charge in [0.2, 0.25) is 0 Å². The Morgan fingerprint density at radius 3 is 2.29 bits per heavy atom. The summed E-state index contributed by atoms with van der Waals surface area (Å²) in [4.78, 5) is 0. The molecular weight excluding hydrogens is 214 g/mol. The molecule has 3 nitrogen and oxygen atoms in total. The van der Waals surface area contributed by atoms with E-state index in [1.54, 1.807) is 0 Å². The maximum Gasteiger partial charge on any atom is 0.0825 e. The van der Waals surface area contributed by atoms with Crippen LogP contribution < -0.4 is 5.32 Å². The number of hydrogen-bond acceptors (Lipinski definition) is 3. The zero-order valence-electron chi connectivity index (χ0n) is 11.9. The van der Waals surface area contributed by atoms with Gasteiger partial charge in [0.1, 0.15) is 0 Å². The van der Waals surface area contributed by atoms with E-state index in [1.807, 2.05) is 7.11 Å². The molecule has 0 aliphatic carbocycles. The van der Waals surface area contributed by atoms with E-state index in [0.29, 0.717) is 6.04 Å². The minimum atomic E-state index is -0.00689. The van der Waals surface area contributed by atoms with Gasteiger partial charge in [0.05, 0.1) is 5.60 Å². The molecule has 102 valence electrons. The van der Waals surface area contributed by atoms with Gasteiger partial charge in [-0.15, -0.1) is 0 Å². The fourth-order valence-corrected chi connectivity index (χ4v) is 3.08. The Bertz CT molecular complexity index is 190. The van der Waals surface area contributed by atoms with Crippen LogP contribution in [-0.4, -0.2) is 39.0 Å². The fraction of sp³-hybridized carbons (Fsp3) is 1.00. The Kier molecular flexibility index (Phi) is 6.45. The Morgan fingerprint density at radius 2 is 1.88 bits per heavy atom. The van der Waals surface area contributed by atoms with Crippen molar-refractivity contribution >= 4 is 0 Å². The molecule has 0 radical (unpaired) electrons. The summed E-state index contributed by atoms with van der Waals surface area (Å²) in [5.41, 5.74) is -0.00689. The van der Waals surface area contributed by atoms with Crippen LogP contribution >= 0.6 is 0 Å². The second-order valence-electron chi connectivity index (χ2n) is 5.11. The van der Waals surface area contributed by atoms with Crippen LogP contribution in [0, 0.1) is 5.92 Å². The maximum atomic E-state index is 5.84.